The molecule has 0 unspecified atom stereocenters. The first kappa shape index (κ1) is 15.6. The van der Waals surface area contributed by atoms with Crippen molar-refractivity contribution in [3.05, 3.63) is 50.2 Å². The number of carbonyl (C=O) groups is 2. The summed E-state index contributed by atoms with van der Waals surface area (Å²) in [5.41, 5.74) is 1.75. The van der Waals surface area contributed by atoms with Gasteiger partial charge in [0.05, 0.1) is 20.7 Å². The number of nitrogens with one attached hydrogen (secondary N) is 2. The fourth-order valence-corrected chi connectivity index (χ4v) is 2.63. The van der Waals surface area contributed by atoms with E-state index >= 15 is 0 Å². The summed E-state index contributed by atoms with van der Waals surface area (Å²) in [6, 6.07) is 5.10. The zero-order valence-corrected chi connectivity index (χ0v) is 13.6. The number of aryl methyl sites for hydroxylation is 1. The summed E-state index contributed by atoms with van der Waals surface area (Å²) in [5, 5.41) is 12.3. The van der Waals surface area contributed by atoms with Gasteiger partial charge in [-0.05, 0) is 47.5 Å². The van der Waals surface area contributed by atoms with E-state index < -0.39 is 11.9 Å². The molecule has 2 aromatic rings. The summed E-state index contributed by atoms with van der Waals surface area (Å²) in [5.74, 6) is -1.49. The van der Waals surface area contributed by atoms with E-state index in [0.29, 0.717) is 32.0 Å². The van der Waals surface area contributed by atoms with Crippen molar-refractivity contribution in [3.63, 3.8) is 0 Å². The number of anilines is 1. The van der Waals surface area contributed by atoms with E-state index in [1.807, 2.05) is 0 Å². The lowest BCUT2D eigenvalue weighted by Crippen LogP contribution is -2.14. The van der Waals surface area contributed by atoms with Crippen LogP contribution in [-0.2, 0) is 0 Å². The molecule has 1 aromatic carbocycles. The van der Waals surface area contributed by atoms with Gasteiger partial charge in [0, 0.05) is 5.69 Å². The fourth-order valence-electron chi connectivity index (χ4n) is 2.09. The van der Waals surface area contributed by atoms with Gasteiger partial charge in [0.15, 0.2) is 0 Å². The van der Waals surface area contributed by atoms with Gasteiger partial charge in [-0.15, -0.1) is 0 Å². The molecule has 0 radical (unpaired) electrons. The fraction of sp³-hybridized carbons (Fsp3) is 0.143. The second-order valence-electron chi connectivity index (χ2n) is 4.49. The van der Waals surface area contributed by atoms with Crippen molar-refractivity contribution in [1.82, 2.24) is 4.98 Å². The average molecular weight is 372 g/mol. The third-order valence-electron chi connectivity index (χ3n) is 3.08. The number of aromatic carboxylic acids is 1. The van der Waals surface area contributed by atoms with Crippen LogP contribution in [0.1, 0.15) is 32.1 Å². The molecule has 1 aromatic heterocycles. The first-order chi connectivity index (χ1) is 9.82. The summed E-state index contributed by atoms with van der Waals surface area (Å²) in [7, 11) is 0. The van der Waals surface area contributed by atoms with Crippen LogP contribution in [0.4, 0.5) is 5.69 Å². The van der Waals surface area contributed by atoms with Crippen LogP contribution in [-0.4, -0.2) is 22.0 Å². The Morgan fingerprint density at radius 2 is 2.00 bits per heavy atom. The van der Waals surface area contributed by atoms with Crippen LogP contribution < -0.4 is 5.32 Å². The predicted molar refractivity (Wildman–Crippen MR) is 84.3 cm³/mol. The number of H-pyrrole nitrogens is 1. The Hall–Kier alpha value is -1.79. The maximum Gasteiger partial charge on any atom is 0.352 e. The van der Waals surface area contributed by atoms with Gasteiger partial charge < -0.3 is 15.4 Å². The number of carboxylic acids is 1. The molecule has 0 spiro atoms. The molecule has 3 N–H and O–H groups in total. The molecule has 5 nitrogen and oxygen atoms in total. The Bertz CT molecular complexity index is 740. The van der Waals surface area contributed by atoms with E-state index in [9.17, 15) is 9.59 Å². The van der Waals surface area contributed by atoms with Crippen LogP contribution in [0.5, 0.6) is 0 Å². The summed E-state index contributed by atoms with van der Waals surface area (Å²) in [4.78, 5) is 26.2. The zero-order valence-electron chi connectivity index (χ0n) is 11.3. The van der Waals surface area contributed by atoms with Crippen LogP contribution >= 0.6 is 27.5 Å². The van der Waals surface area contributed by atoms with Gasteiger partial charge in [-0.1, -0.05) is 17.7 Å². The van der Waals surface area contributed by atoms with Crippen LogP contribution in [0.15, 0.2) is 22.7 Å². The second-order valence-corrected chi connectivity index (χ2v) is 5.69. The number of hydrogen-bond donors (Lipinski definition) is 3. The Balaban J connectivity index is 2.38. The van der Waals surface area contributed by atoms with Crippen molar-refractivity contribution in [2.75, 3.05) is 5.32 Å². The SMILES string of the molecule is Cc1[nH]c(C(=O)O)c(C)c1C(=O)Nc1cccc(Cl)c1Br. The van der Waals surface area contributed by atoms with Crippen molar-refractivity contribution in [1.29, 1.82) is 0 Å². The molecule has 0 fully saturated rings. The van der Waals surface area contributed by atoms with Crippen molar-refractivity contribution in [2.45, 2.75) is 13.8 Å². The topological polar surface area (TPSA) is 82.2 Å². The second kappa shape index (κ2) is 5.91. The highest BCUT2D eigenvalue weighted by Crippen LogP contribution is 2.31. The Kier molecular flexibility index (Phi) is 4.39. The summed E-state index contributed by atoms with van der Waals surface area (Å²) >= 11 is 9.27. The molecule has 1 heterocycles. The lowest BCUT2D eigenvalue weighted by molar-refractivity contribution is 0.0690. The van der Waals surface area contributed by atoms with Crippen LogP contribution in [0, 0.1) is 13.8 Å². The van der Waals surface area contributed by atoms with Gasteiger partial charge in [-0.2, -0.15) is 0 Å². The van der Waals surface area contributed by atoms with E-state index in [0.717, 1.165) is 0 Å². The van der Waals surface area contributed by atoms with Gasteiger partial charge in [-0.25, -0.2) is 4.79 Å². The van der Waals surface area contributed by atoms with Gasteiger partial charge in [0.2, 0.25) is 0 Å². The van der Waals surface area contributed by atoms with Gasteiger partial charge in [0.25, 0.3) is 5.91 Å². The number of benzene rings is 1. The monoisotopic (exact) mass is 370 g/mol. The largest absolute Gasteiger partial charge is 0.477 e. The highest BCUT2D eigenvalue weighted by atomic mass is 79.9. The first-order valence-electron chi connectivity index (χ1n) is 6.00. The molecule has 0 bridgehead atoms. The minimum Gasteiger partial charge on any atom is -0.477 e. The molecule has 0 saturated heterocycles. The van der Waals surface area contributed by atoms with E-state index in [1.165, 1.54) is 0 Å². The number of halogens is 2. The molecular weight excluding hydrogens is 360 g/mol. The number of rotatable bonds is 3. The highest BCUT2D eigenvalue weighted by Gasteiger charge is 2.22. The third-order valence-corrected chi connectivity index (χ3v) is 4.48. The molecule has 7 heteroatoms. The van der Waals surface area contributed by atoms with E-state index in [4.69, 9.17) is 16.7 Å². The summed E-state index contributed by atoms with van der Waals surface area (Å²) in [6.45, 7) is 3.25. The number of amides is 1. The van der Waals surface area contributed by atoms with E-state index in [1.54, 1.807) is 32.0 Å². The molecule has 110 valence electrons. The smallest absolute Gasteiger partial charge is 0.352 e. The predicted octanol–water partition coefficient (Wildman–Crippen LogP) is 4.00. The van der Waals surface area contributed by atoms with Crippen molar-refractivity contribution >= 4 is 45.1 Å². The summed E-state index contributed by atoms with van der Waals surface area (Å²) < 4.78 is 0.573. The minimum atomic E-state index is -1.10. The number of hydrogen-bond acceptors (Lipinski definition) is 2. The molecule has 1 amide bonds. The van der Waals surface area contributed by atoms with E-state index in [-0.39, 0.29) is 5.69 Å². The maximum atomic E-state index is 12.4. The number of aromatic nitrogens is 1. The first-order valence-corrected chi connectivity index (χ1v) is 7.17. The highest BCUT2D eigenvalue weighted by molar-refractivity contribution is 9.10. The molecule has 0 saturated carbocycles. The standard InChI is InChI=1S/C14H12BrClN2O3/c1-6-10(7(2)17-12(6)14(20)21)13(19)18-9-5-3-4-8(16)11(9)15/h3-5,17H,1-2H3,(H,18,19)(H,20,21). The van der Waals surface area contributed by atoms with E-state index in [2.05, 4.69) is 26.2 Å². The van der Waals surface area contributed by atoms with Crippen molar-refractivity contribution in [2.24, 2.45) is 0 Å². The lowest BCUT2D eigenvalue weighted by atomic mass is 10.1. The lowest BCUT2D eigenvalue weighted by Gasteiger charge is -2.09. The summed E-state index contributed by atoms with van der Waals surface area (Å²) in [6.07, 6.45) is 0. The molecule has 2 rings (SSSR count). The van der Waals surface area contributed by atoms with Gasteiger partial charge in [0.1, 0.15) is 5.69 Å². The van der Waals surface area contributed by atoms with Gasteiger partial charge in [-0.3, -0.25) is 4.79 Å². The molecule has 0 aliphatic carbocycles. The van der Waals surface area contributed by atoms with Gasteiger partial charge >= 0.3 is 5.97 Å². The van der Waals surface area contributed by atoms with Crippen LogP contribution in [0.25, 0.3) is 0 Å². The average Bonchev–Trinajstić information content (AvgIpc) is 2.70. The maximum absolute atomic E-state index is 12.4. The molecular formula is C14H12BrClN2O3. The molecule has 0 aliphatic heterocycles. The molecule has 0 atom stereocenters. The van der Waals surface area contributed by atoms with Crippen molar-refractivity contribution in [3.8, 4) is 0 Å². The Morgan fingerprint density at radius 1 is 1.33 bits per heavy atom. The quantitative estimate of drug-likeness (QED) is 0.762. The van der Waals surface area contributed by atoms with Crippen LogP contribution in [0.2, 0.25) is 5.02 Å². The third kappa shape index (κ3) is 2.96. The van der Waals surface area contributed by atoms with Crippen molar-refractivity contribution < 1.29 is 14.7 Å². The molecule has 0 aliphatic rings. The number of carboxylic acid groups (broad SMARTS) is 1. The van der Waals surface area contributed by atoms with Crippen LogP contribution in [0.3, 0.4) is 0 Å². The Morgan fingerprint density at radius 3 is 2.57 bits per heavy atom. The number of aromatic amines is 1. The zero-order chi connectivity index (χ0) is 15.7. The molecule has 21 heavy (non-hydrogen) atoms. The number of carbonyl (C=O) groups excluding carboxylic acids is 1. The normalized spacial score (nSPS) is 10.5. The Labute approximate surface area is 134 Å². The minimum absolute atomic E-state index is 0.0165.